The van der Waals surface area contributed by atoms with E-state index in [2.05, 4.69) is 17.6 Å². The number of alkyl carbamates (subject to hydrolysis) is 1. The van der Waals surface area contributed by atoms with Gasteiger partial charge in [-0.3, -0.25) is 14.4 Å². The highest BCUT2D eigenvalue weighted by Gasteiger charge is 2.36. The highest BCUT2D eigenvalue weighted by Crippen LogP contribution is 2.25. The molecule has 9 heteroatoms. The minimum atomic E-state index is -1.09. The number of hydrogen-bond donors (Lipinski definition) is 3. The van der Waals surface area contributed by atoms with Gasteiger partial charge in [0, 0.05) is 19.0 Å². The van der Waals surface area contributed by atoms with E-state index in [9.17, 15) is 19.2 Å². The van der Waals surface area contributed by atoms with Gasteiger partial charge in [0.15, 0.2) is 0 Å². The second-order valence-electron chi connectivity index (χ2n) is 10.4. The Hall–Kier alpha value is -3.10. The highest BCUT2D eigenvalue weighted by molar-refractivity contribution is 5.92. The molecule has 0 aliphatic rings. The summed E-state index contributed by atoms with van der Waals surface area (Å²) in [4.78, 5) is 53.0. The number of hydrogen-bond acceptors (Lipinski definition) is 5. The third-order valence-electron chi connectivity index (χ3n) is 5.34. The predicted octanol–water partition coefficient (Wildman–Crippen LogP) is 3.74. The summed E-state index contributed by atoms with van der Waals surface area (Å²) in [6.45, 7) is 13.2. The maximum absolute atomic E-state index is 13.9. The number of nitrogens with one attached hydrogen (secondary N) is 2. The number of primary amides is 1. The fourth-order valence-electron chi connectivity index (χ4n) is 3.68. The van der Waals surface area contributed by atoms with E-state index in [0.29, 0.717) is 18.5 Å². The molecule has 36 heavy (non-hydrogen) atoms. The minimum absolute atomic E-state index is 0.00982. The zero-order chi connectivity index (χ0) is 27.5. The van der Waals surface area contributed by atoms with Crippen molar-refractivity contribution in [3.63, 3.8) is 0 Å². The molecule has 0 bridgehead atoms. The third-order valence-corrected chi connectivity index (χ3v) is 5.34. The molecule has 0 aliphatic heterocycles. The molecule has 0 aromatic heterocycles. The van der Waals surface area contributed by atoms with Crippen LogP contribution in [0.15, 0.2) is 24.3 Å². The van der Waals surface area contributed by atoms with Gasteiger partial charge in [-0.05, 0) is 59.9 Å². The van der Waals surface area contributed by atoms with Gasteiger partial charge >= 0.3 is 6.09 Å². The summed E-state index contributed by atoms with van der Waals surface area (Å²) in [5, 5.41) is 5.53. The molecule has 2 unspecified atom stereocenters. The highest BCUT2D eigenvalue weighted by atomic mass is 16.6. The first-order valence-corrected chi connectivity index (χ1v) is 12.7. The van der Waals surface area contributed by atoms with Crippen LogP contribution in [0.2, 0.25) is 0 Å². The topological polar surface area (TPSA) is 131 Å². The zero-order valence-corrected chi connectivity index (χ0v) is 22.8. The third kappa shape index (κ3) is 11.1. The Kier molecular flexibility index (Phi) is 12.4. The number of benzene rings is 1. The van der Waals surface area contributed by atoms with Gasteiger partial charge in [0.2, 0.25) is 17.7 Å². The summed E-state index contributed by atoms with van der Waals surface area (Å²) in [7, 11) is 0. The first kappa shape index (κ1) is 30.9. The van der Waals surface area contributed by atoms with Gasteiger partial charge in [0.25, 0.3) is 0 Å². The van der Waals surface area contributed by atoms with Gasteiger partial charge in [0.05, 0.1) is 0 Å². The van der Waals surface area contributed by atoms with Crippen LogP contribution in [0.3, 0.4) is 0 Å². The monoisotopic (exact) mass is 504 g/mol. The van der Waals surface area contributed by atoms with Crippen LogP contribution >= 0.6 is 0 Å². The minimum Gasteiger partial charge on any atom is -0.444 e. The molecule has 1 aromatic carbocycles. The van der Waals surface area contributed by atoms with Crippen molar-refractivity contribution in [2.45, 2.75) is 104 Å². The Bertz CT molecular complexity index is 877. The summed E-state index contributed by atoms with van der Waals surface area (Å²) < 4.78 is 5.35. The smallest absolute Gasteiger partial charge is 0.408 e. The van der Waals surface area contributed by atoms with Crippen molar-refractivity contribution < 1.29 is 23.9 Å². The molecule has 4 amide bonds. The average Bonchev–Trinajstić information content (AvgIpc) is 2.74. The second-order valence-corrected chi connectivity index (χ2v) is 10.4. The van der Waals surface area contributed by atoms with Crippen LogP contribution in [0.4, 0.5) is 4.79 Å². The fourth-order valence-corrected chi connectivity index (χ4v) is 3.68. The van der Waals surface area contributed by atoms with Crippen molar-refractivity contribution >= 4 is 23.8 Å². The van der Waals surface area contributed by atoms with Gasteiger partial charge in [-0.1, -0.05) is 49.6 Å². The predicted molar refractivity (Wildman–Crippen MR) is 140 cm³/mol. The number of aryl methyl sites for hydroxylation is 1. The van der Waals surface area contributed by atoms with Crippen LogP contribution in [0, 0.1) is 6.92 Å². The van der Waals surface area contributed by atoms with Crippen LogP contribution in [-0.2, 0) is 19.1 Å². The average molecular weight is 505 g/mol. The van der Waals surface area contributed by atoms with Crippen molar-refractivity contribution in [2.75, 3.05) is 6.54 Å². The Balaban J connectivity index is 3.46. The summed E-state index contributed by atoms with van der Waals surface area (Å²) in [6, 6.07) is 5.32. The molecule has 0 heterocycles. The van der Waals surface area contributed by atoms with Gasteiger partial charge in [-0.25, -0.2) is 4.79 Å². The van der Waals surface area contributed by atoms with Crippen LogP contribution < -0.4 is 16.4 Å². The van der Waals surface area contributed by atoms with E-state index in [0.717, 1.165) is 18.4 Å². The van der Waals surface area contributed by atoms with Crippen LogP contribution in [0.5, 0.6) is 0 Å². The van der Waals surface area contributed by atoms with Crippen LogP contribution in [0.25, 0.3) is 0 Å². The van der Waals surface area contributed by atoms with E-state index >= 15 is 0 Å². The lowest BCUT2D eigenvalue weighted by molar-refractivity contribution is -0.143. The first-order valence-electron chi connectivity index (χ1n) is 12.7. The Morgan fingerprint density at radius 2 is 1.64 bits per heavy atom. The van der Waals surface area contributed by atoms with Gasteiger partial charge in [0.1, 0.15) is 17.7 Å². The van der Waals surface area contributed by atoms with Gasteiger partial charge < -0.3 is 26.0 Å². The molecule has 0 spiro atoms. The molecule has 1 aromatic rings. The molecule has 0 fully saturated rings. The number of carbonyl (C=O) groups excluding carboxylic acids is 4. The number of amides is 4. The van der Waals surface area contributed by atoms with Gasteiger partial charge in [-0.2, -0.15) is 0 Å². The molecule has 1 rings (SSSR count). The van der Waals surface area contributed by atoms with E-state index in [-0.39, 0.29) is 24.8 Å². The lowest BCUT2D eigenvalue weighted by Gasteiger charge is -2.35. The van der Waals surface area contributed by atoms with Crippen molar-refractivity contribution in [3.8, 4) is 0 Å². The van der Waals surface area contributed by atoms with Crippen LogP contribution in [0.1, 0.15) is 90.8 Å². The SMILES string of the molecule is CCCCCN(C(=O)C(CCC(N)=O)NC(=O)OC(C)(C)C)C(C(=O)NC(C)C)c1ccc(C)cc1. The van der Waals surface area contributed by atoms with Crippen molar-refractivity contribution in [3.05, 3.63) is 35.4 Å². The number of nitrogens with two attached hydrogens (primary N) is 1. The molecule has 0 aliphatic carbocycles. The standard InChI is InChI=1S/C27H44N4O5/c1-8-9-10-17-31(23(24(33)29-18(2)3)20-13-11-19(4)12-14-20)25(34)21(15-16-22(28)32)30-26(35)36-27(5,6)7/h11-14,18,21,23H,8-10,15-17H2,1-7H3,(H2,28,32)(H,29,33)(H,30,35). The van der Waals surface area contributed by atoms with Crippen molar-refractivity contribution in [2.24, 2.45) is 5.73 Å². The molecular formula is C27H44N4O5. The maximum Gasteiger partial charge on any atom is 0.408 e. The van der Waals surface area contributed by atoms with Crippen LogP contribution in [-0.4, -0.2) is 52.9 Å². The molecular weight excluding hydrogens is 460 g/mol. The number of ether oxygens (including phenoxy) is 1. The van der Waals surface area contributed by atoms with E-state index < -0.39 is 35.6 Å². The number of unbranched alkanes of at least 4 members (excludes halogenated alkanes) is 2. The second kappa shape index (κ2) is 14.5. The number of nitrogens with zero attached hydrogens (tertiary/aromatic N) is 1. The van der Waals surface area contributed by atoms with Gasteiger partial charge in [-0.15, -0.1) is 0 Å². The van der Waals surface area contributed by atoms with Crippen molar-refractivity contribution in [1.82, 2.24) is 15.5 Å². The van der Waals surface area contributed by atoms with E-state index in [1.807, 2.05) is 45.0 Å². The van der Waals surface area contributed by atoms with Crippen molar-refractivity contribution in [1.29, 1.82) is 0 Å². The normalized spacial score (nSPS) is 13.0. The maximum atomic E-state index is 13.9. The summed E-state index contributed by atoms with van der Waals surface area (Å²) >= 11 is 0. The van der Waals surface area contributed by atoms with E-state index in [1.54, 1.807) is 20.8 Å². The molecule has 4 N–H and O–H groups in total. The fraction of sp³-hybridized carbons (Fsp3) is 0.630. The van der Waals surface area contributed by atoms with E-state index in [1.165, 1.54) is 4.90 Å². The molecule has 0 radical (unpaired) electrons. The number of carbonyl (C=O) groups is 4. The molecule has 2 atom stereocenters. The number of rotatable bonds is 13. The Morgan fingerprint density at radius 1 is 1.03 bits per heavy atom. The molecule has 9 nitrogen and oxygen atoms in total. The molecule has 202 valence electrons. The quantitative estimate of drug-likeness (QED) is 0.352. The Morgan fingerprint density at radius 3 is 2.14 bits per heavy atom. The summed E-state index contributed by atoms with van der Waals surface area (Å²) in [5.41, 5.74) is 6.26. The summed E-state index contributed by atoms with van der Waals surface area (Å²) in [6.07, 6.45) is 1.57. The Labute approximate surface area is 215 Å². The zero-order valence-electron chi connectivity index (χ0n) is 22.8. The largest absolute Gasteiger partial charge is 0.444 e. The first-order chi connectivity index (χ1) is 16.7. The molecule has 0 saturated carbocycles. The van der Waals surface area contributed by atoms with E-state index in [4.69, 9.17) is 10.5 Å². The summed E-state index contributed by atoms with van der Waals surface area (Å²) in [5.74, 6) is -1.38. The lowest BCUT2D eigenvalue weighted by atomic mass is 9.99. The lowest BCUT2D eigenvalue weighted by Crippen LogP contribution is -2.54. The molecule has 0 saturated heterocycles.